The number of thioether (sulfide) groups is 1. The fraction of sp³-hybridized carbons (Fsp3) is 0.613. The summed E-state index contributed by atoms with van der Waals surface area (Å²) < 4.78 is 50.1. The first kappa shape index (κ1) is 29.3. The van der Waals surface area contributed by atoms with Crippen LogP contribution in [0, 0.1) is 35.5 Å². The van der Waals surface area contributed by atoms with Gasteiger partial charge in [-0.25, -0.2) is 13.6 Å². The van der Waals surface area contributed by atoms with Crippen LogP contribution >= 0.6 is 11.8 Å². The van der Waals surface area contributed by atoms with Crippen molar-refractivity contribution in [3.05, 3.63) is 47.5 Å². The zero-order valence-electron chi connectivity index (χ0n) is 23.9. The normalized spacial score (nSPS) is 44.1. The predicted molar refractivity (Wildman–Crippen MR) is 147 cm³/mol. The molecule has 2 heterocycles. The predicted octanol–water partition coefficient (Wildman–Crippen LogP) is 4.62. The van der Waals surface area contributed by atoms with E-state index in [2.05, 4.69) is 0 Å². The fourth-order valence-electron chi connectivity index (χ4n) is 8.82. The lowest BCUT2D eigenvalue weighted by Crippen LogP contribution is -2.70. The zero-order valence-corrected chi connectivity index (χ0v) is 24.7. The molecule has 4 fully saturated rings. The number of hydrogen-bond donors (Lipinski definition) is 1. The number of esters is 2. The molecule has 42 heavy (non-hydrogen) atoms. The van der Waals surface area contributed by atoms with E-state index < -0.39 is 80.2 Å². The third kappa shape index (κ3) is 3.68. The van der Waals surface area contributed by atoms with Crippen molar-refractivity contribution in [1.82, 2.24) is 0 Å². The first-order chi connectivity index (χ1) is 19.7. The van der Waals surface area contributed by atoms with Gasteiger partial charge in [-0.05, 0) is 62.8 Å². The van der Waals surface area contributed by atoms with Crippen molar-refractivity contribution in [2.75, 3.05) is 6.61 Å². The maximum Gasteiger partial charge on any atom is 0.342 e. The summed E-state index contributed by atoms with van der Waals surface area (Å²) in [5.74, 6) is -3.92. The van der Waals surface area contributed by atoms with Crippen LogP contribution in [0.15, 0.2) is 40.5 Å². The van der Waals surface area contributed by atoms with Crippen molar-refractivity contribution >= 4 is 34.6 Å². The molecule has 1 N–H and O–H groups in total. The van der Waals surface area contributed by atoms with E-state index in [1.165, 1.54) is 31.4 Å². The molecule has 1 aliphatic heterocycles. The number of cyclic esters (lactones) is 1. The number of aliphatic hydroxyl groups is 1. The van der Waals surface area contributed by atoms with E-state index in [0.29, 0.717) is 6.42 Å². The summed E-state index contributed by atoms with van der Waals surface area (Å²) >= 11 is 0.739. The number of hydrogen-bond acceptors (Lipinski definition) is 9. The molecule has 1 saturated heterocycles. The standard InChI is InChI=1S/C31H34F2O8S/c1-15-11-19-20-13-22(32)21-12-17(34)5-8-28(21,3)30(20,33)24(35)14-29(19,4)31(15,27(38)42-23-7-10-40-26(23)37)41-25(36)18-6-9-39-16(18)2/h5-6,8-9,12,15,19-20,22-24,35H,7,10-11,13-14H2,1-4H3/t15-,19+,20+,22+,23+,24+,28+,29+,30+,31+/m1/s1. The van der Waals surface area contributed by atoms with Gasteiger partial charge in [0, 0.05) is 29.1 Å². The molecule has 10 atom stereocenters. The Morgan fingerprint density at radius 2 is 1.93 bits per heavy atom. The number of carbonyl (C=O) groups excluding carboxylic acids is 4. The van der Waals surface area contributed by atoms with E-state index in [1.807, 2.05) is 0 Å². The molecule has 0 amide bonds. The Balaban J connectivity index is 1.47. The largest absolute Gasteiger partial charge is 0.469 e. The number of ketones is 1. The summed E-state index contributed by atoms with van der Waals surface area (Å²) in [4.78, 5) is 52.5. The highest BCUT2D eigenvalue weighted by molar-refractivity contribution is 8.14. The number of ether oxygens (including phenoxy) is 2. The van der Waals surface area contributed by atoms with Gasteiger partial charge in [-0.3, -0.25) is 14.4 Å². The molecule has 1 aromatic heterocycles. The third-order valence-corrected chi connectivity index (χ3v) is 12.2. The second-order valence-electron chi connectivity index (χ2n) is 12.9. The number of halogens is 2. The van der Waals surface area contributed by atoms with E-state index >= 15 is 8.78 Å². The first-order valence-corrected chi connectivity index (χ1v) is 15.2. The van der Waals surface area contributed by atoms with E-state index in [4.69, 9.17) is 13.9 Å². The molecule has 0 radical (unpaired) electrons. The van der Waals surface area contributed by atoms with Gasteiger partial charge in [-0.15, -0.1) is 0 Å². The first-order valence-electron chi connectivity index (χ1n) is 14.3. The van der Waals surface area contributed by atoms with Crippen LogP contribution in [0.1, 0.15) is 62.6 Å². The average Bonchev–Trinajstić information content (AvgIpc) is 3.60. The van der Waals surface area contributed by atoms with Crippen LogP contribution in [-0.2, 0) is 23.9 Å². The fourth-order valence-corrected chi connectivity index (χ4v) is 10.1. The highest BCUT2D eigenvalue weighted by atomic mass is 32.2. The highest BCUT2D eigenvalue weighted by Gasteiger charge is 2.78. The van der Waals surface area contributed by atoms with E-state index in [-0.39, 0.29) is 42.8 Å². The van der Waals surface area contributed by atoms with Gasteiger partial charge < -0.3 is 19.0 Å². The Morgan fingerprint density at radius 1 is 1.19 bits per heavy atom. The SMILES string of the molecule is Cc1occc1C(=O)O[C@]1(C(=O)S[C@H]2CCOC2=O)[C@H](C)C[C@H]2[C@@H]3C[C@H](F)C4=CC(=O)C=C[C@]4(C)[C@@]3(F)[C@@H](O)C[C@@]21C. The maximum absolute atomic E-state index is 17.6. The summed E-state index contributed by atoms with van der Waals surface area (Å²) in [6, 6.07) is 1.43. The van der Waals surface area contributed by atoms with E-state index in [9.17, 15) is 24.3 Å². The smallest absolute Gasteiger partial charge is 0.342 e. The number of carbonyl (C=O) groups is 4. The molecule has 1 aromatic rings. The third-order valence-electron chi connectivity index (χ3n) is 10.9. The van der Waals surface area contributed by atoms with Crippen LogP contribution in [0.4, 0.5) is 8.78 Å². The second-order valence-corrected chi connectivity index (χ2v) is 14.0. The van der Waals surface area contributed by atoms with Gasteiger partial charge in [0.05, 0.1) is 19.0 Å². The highest BCUT2D eigenvalue weighted by Crippen LogP contribution is 2.72. The molecule has 0 unspecified atom stereocenters. The minimum atomic E-state index is -2.35. The number of aryl methyl sites for hydroxylation is 1. The maximum atomic E-state index is 17.6. The minimum Gasteiger partial charge on any atom is -0.469 e. The zero-order chi connectivity index (χ0) is 30.4. The van der Waals surface area contributed by atoms with Gasteiger partial charge >= 0.3 is 11.9 Å². The van der Waals surface area contributed by atoms with E-state index in [1.54, 1.807) is 20.8 Å². The van der Waals surface area contributed by atoms with Crippen molar-refractivity contribution in [3.8, 4) is 0 Å². The van der Waals surface area contributed by atoms with Crippen LogP contribution < -0.4 is 0 Å². The molecule has 4 aliphatic carbocycles. The number of rotatable bonds is 4. The van der Waals surface area contributed by atoms with Gasteiger partial charge in [0.25, 0.3) is 0 Å². The van der Waals surface area contributed by atoms with Crippen molar-refractivity contribution in [3.63, 3.8) is 0 Å². The molecule has 0 spiro atoms. The van der Waals surface area contributed by atoms with Crippen LogP contribution in [0.2, 0.25) is 0 Å². The molecule has 8 nitrogen and oxygen atoms in total. The lowest BCUT2D eigenvalue weighted by atomic mass is 9.44. The molecule has 0 bridgehead atoms. The Hall–Kier alpha value is -2.79. The van der Waals surface area contributed by atoms with Crippen LogP contribution in [0.3, 0.4) is 0 Å². The summed E-state index contributed by atoms with van der Waals surface area (Å²) in [7, 11) is 0. The Morgan fingerprint density at radius 3 is 2.57 bits per heavy atom. The molecule has 11 heteroatoms. The van der Waals surface area contributed by atoms with Crippen molar-refractivity contribution in [2.24, 2.45) is 28.6 Å². The van der Waals surface area contributed by atoms with E-state index in [0.717, 1.165) is 17.8 Å². The molecule has 0 aromatic carbocycles. The Kier molecular flexibility index (Phi) is 6.70. The average molecular weight is 605 g/mol. The topological polar surface area (TPSA) is 120 Å². The van der Waals surface area contributed by atoms with Crippen molar-refractivity contribution in [1.29, 1.82) is 0 Å². The Bertz CT molecular complexity index is 1440. The molecule has 6 rings (SSSR count). The van der Waals surface area contributed by atoms with Crippen LogP contribution in [0.25, 0.3) is 0 Å². The molecular weight excluding hydrogens is 570 g/mol. The molecule has 5 aliphatic rings. The van der Waals surface area contributed by atoms with Gasteiger partial charge in [0.1, 0.15) is 22.7 Å². The summed E-state index contributed by atoms with van der Waals surface area (Å²) in [5.41, 5.74) is -7.02. The second kappa shape index (κ2) is 9.61. The number of allylic oxidation sites excluding steroid dienone is 4. The number of furan rings is 1. The van der Waals surface area contributed by atoms with Crippen LogP contribution in [-0.4, -0.2) is 63.3 Å². The van der Waals surface area contributed by atoms with Crippen molar-refractivity contribution in [2.45, 2.75) is 82.2 Å². The number of alkyl halides is 2. The lowest BCUT2D eigenvalue weighted by Gasteiger charge is -2.63. The molecular formula is C31H34F2O8S. The minimum absolute atomic E-state index is 0.00181. The quantitative estimate of drug-likeness (QED) is 0.491. The summed E-state index contributed by atoms with van der Waals surface area (Å²) in [6.45, 7) is 6.68. The Labute approximate surface area is 246 Å². The number of fused-ring (bicyclic) bond motifs is 5. The van der Waals surface area contributed by atoms with Gasteiger partial charge in [-0.2, -0.15) is 0 Å². The van der Waals surface area contributed by atoms with Gasteiger partial charge in [0.2, 0.25) is 5.12 Å². The lowest BCUT2D eigenvalue weighted by molar-refractivity contribution is -0.221. The summed E-state index contributed by atoms with van der Waals surface area (Å²) in [5, 5.41) is 10.3. The van der Waals surface area contributed by atoms with Crippen LogP contribution in [0.5, 0.6) is 0 Å². The van der Waals surface area contributed by atoms with Gasteiger partial charge in [-0.1, -0.05) is 31.7 Å². The summed E-state index contributed by atoms with van der Waals surface area (Å²) in [6.07, 6.45) is 1.63. The molecule has 226 valence electrons. The number of aliphatic hydroxyl groups excluding tert-OH is 1. The van der Waals surface area contributed by atoms with Gasteiger partial charge in [0.15, 0.2) is 17.1 Å². The molecule has 3 saturated carbocycles. The monoisotopic (exact) mass is 604 g/mol. The van der Waals surface area contributed by atoms with Crippen molar-refractivity contribution < 1.29 is 47.0 Å².